The van der Waals surface area contributed by atoms with Crippen molar-refractivity contribution in [2.75, 3.05) is 39.6 Å². The molecule has 0 saturated carbocycles. The van der Waals surface area contributed by atoms with Gasteiger partial charge in [0.2, 0.25) is 0 Å². The van der Waals surface area contributed by atoms with Crippen LogP contribution in [0, 0.1) is 23.7 Å². The van der Waals surface area contributed by atoms with Crippen LogP contribution in [0.1, 0.15) is 135 Å². The summed E-state index contributed by atoms with van der Waals surface area (Å²) in [5, 5.41) is 7.10. The number of rotatable bonds is 20. The topological polar surface area (TPSA) is 166 Å². The molecule has 9 fully saturated rings. The molecule has 12 aliphatic rings. The molecule has 9 saturated heterocycles. The van der Waals surface area contributed by atoms with Crippen molar-refractivity contribution >= 4 is 32.3 Å². The predicted octanol–water partition coefficient (Wildman–Crippen LogP) is 15.9. The number of benzene rings is 6. The number of ether oxygens (including phenoxy) is 18. The minimum absolute atomic E-state index is 0.0866. The van der Waals surface area contributed by atoms with E-state index in [0.717, 1.165) is 54.2 Å². The fraction of sp³-hybridized carbons (Fsp3) is 0.600. The summed E-state index contributed by atoms with van der Waals surface area (Å²) in [5.74, 6) is -0.372. The third kappa shape index (κ3) is 16.6. The Morgan fingerprint density at radius 1 is 0.487 bits per heavy atom. The first-order chi connectivity index (χ1) is 55.3. The highest BCUT2D eigenvalue weighted by Crippen LogP contribution is 2.53. The smallest absolute Gasteiger partial charge is 0.171 e. The van der Waals surface area contributed by atoms with E-state index in [9.17, 15) is 0 Å². The Morgan fingerprint density at radius 3 is 1.80 bits per heavy atom. The molecular weight excluding hydrogens is 1430 g/mol. The lowest BCUT2D eigenvalue weighted by molar-refractivity contribution is -0.342. The summed E-state index contributed by atoms with van der Waals surface area (Å²) in [4.78, 5) is 0. The van der Waals surface area contributed by atoms with Gasteiger partial charge in [-0.25, -0.2) is 0 Å². The van der Waals surface area contributed by atoms with Gasteiger partial charge in [-0.05, 0) is 138 Å². The van der Waals surface area contributed by atoms with Gasteiger partial charge in [-0.2, -0.15) is 0 Å². The monoisotopic (exact) mass is 1550 g/mol. The molecule has 113 heavy (non-hydrogen) atoms. The molecule has 0 bridgehead atoms. The van der Waals surface area contributed by atoms with Crippen molar-refractivity contribution in [3.05, 3.63) is 193 Å². The van der Waals surface area contributed by atoms with Crippen molar-refractivity contribution in [1.29, 1.82) is 0 Å². The summed E-state index contributed by atoms with van der Waals surface area (Å²) in [7, 11) is 0. The van der Waals surface area contributed by atoms with Crippen LogP contribution in [0.2, 0.25) is 0 Å². The Bertz CT molecular complexity index is 4290. The van der Waals surface area contributed by atoms with Crippen molar-refractivity contribution in [3.8, 4) is 0 Å². The molecule has 0 radical (unpaired) electrons. The Balaban J connectivity index is 0.614. The van der Waals surface area contributed by atoms with Gasteiger partial charge in [0.05, 0.1) is 150 Å². The Kier molecular flexibility index (Phi) is 24.1. The van der Waals surface area contributed by atoms with Crippen LogP contribution >= 0.6 is 0 Å². The van der Waals surface area contributed by atoms with Crippen LogP contribution in [-0.2, 0) is 105 Å². The van der Waals surface area contributed by atoms with Crippen LogP contribution < -0.4 is 0 Å². The first kappa shape index (κ1) is 78.5. The molecule has 12 heterocycles. The van der Waals surface area contributed by atoms with Crippen molar-refractivity contribution in [1.82, 2.24) is 0 Å². The quantitative estimate of drug-likeness (QED) is 0.0523. The maximum Gasteiger partial charge on any atom is 0.171 e. The zero-order chi connectivity index (χ0) is 76.7. The Morgan fingerprint density at radius 2 is 1.10 bits per heavy atom. The highest BCUT2D eigenvalue weighted by Gasteiger charge is 2.63. The molecule has 0 aromatic heterocycles. The van der Waals surface area contributed by atoms with Gasteiger partial charge in [0.25, 0.3) is 0 Å². The summed E-state index contributed by atoms with van der Waals surface area (Å²) in [6, 6.07) is 45.2. The molecule has 1 spiro atoms. The van der Waals surface area contributed by atoms with E-state index in [1.54, 1.807) is 0 Å². The molecule has 12 aliphatic heterocycles. The van der Waals surface area contributed by atoms with E-state index >= 15 is 0 Å². The largest absolute Gasteiger partial charge is 0.379 e. The van der Waals surface area contributed by atoms with Gasteiger partial charge >= 0.3 is 0 Å². The fourth-order valence-corrected chi connectivity index (χ4v) is 21.1. The molecule has 0 amide bonds. The van der Waals surface area contributed by atoms with Crippen molar-refractivity contribution in [2.45, 2.75) is 296 Å². The lowest BCUT2D eigenvalue weighted by Crippen LogP contribution is -2.64. The summed E-state index contributed by atoms with van der Waals surface area (Å²) in [5.41, 5.74) is 2.34. The van der Waals surface area contributed by atoms with Crippen LogP contribution in [0.25, 0.3) is 32.3 Å². The summed E-state index contributed by atoms with van der Waals surface area (Å²) >= 11 is 0. The van der Waals surface area contributed by atoms with Crippen molar-refractivity contribution in [3.63, 3.8) is 0 Å². The highest BCUT2D eigenvalue weighted by molar-refractivity contribution is 5.84. The zero-order valence-corrected chi connectivity index (χ0v) is 66.7. The molecular formula is C95H118O18. The van der Waals surface area contributed by atoms with E-state index < -0.39 is 66.3 Å². The van der Waals surface area contributed by atoms with Crippen molar-refractivity contribution in [2.24, 2.45) is 23.7 Å². The number of fused-ring (bicyclic) bond motifs is 12. The second-order valence-electron chi connectivity index (χ2n) is 34.7. The zero-order valence-electron chi connectivity index (χ0n) is 66.7. The maximum atomic E-state index is 7.85. The molecule has 6 aromatic rings. The molecule has 0 unspecified atom stereocenters. The van der Waals surface area contributed by atoms with E-state index in [1.807, 2.05) is 13.0 Å². The van der Waals surface area contributed by atoms with Crippen LogP contribution in [0.15, 0.2) is 177 Å². The molecule has 0 N–H and O–H groups in total. The summed E-state index contributed by atoms with van der Waals surface area (Å²) < 4.78 is 130. The normalized spacial score (nSPS) is 41.2. The van der Waals surface area contributed by atoms with Crippen LogP contribution in [0.5, 0.6) is 0 Å². The second-order valence-corrected chi connectivity index (χ2v) is 34.7. The molecule has 6 aromatic carbocycles. The lowest BCUT2D eigenvalue weighted by Gasteiger charge is -2.53. The average molecular weight is 1550 g/mol. The Labute approximate surface area is 667 Å². The van der Waals surface area contributed by atoms with Crippen LogP contribution in [0.4, 0.5) is 0 Å². The highest BCUT2D eigenvalue weighted by atomic mass is 16.7. The number of hydrogen-bond donors (Lipinski definition) is 0. The first-order valence-electron chi connectivity index (χ1n) is 42.9. The van der Waals surface area contributed by atoms with E-state index in [0.29, 0.717) is 104 Å². The molecule has 18 heteroatoms. The van der Waals surface area contributed by atoms with E-state index in [4.69, 9.17) is 85.3 Å². The third-order valence-electron chi connectivity index (χ3n) is 27.3. The minimum Gasteiger partial charge on any atom is -0.379 e. The minimum atomic E-state index is -0.945. The SMILES string of the molecule is C=CC[C@@H]1O[C@@H]2C[C@@H]3O[C@@H]4C[C@@H]5O[C@@H]6[C@@H](C)[C@H](C)[C@@]7(CCCO7)O[C@H]6[C@@H](OCc6ccc7ccccc7c6)[C@H](C)[C@H]5O[C@H]4C[C@@H](C)C[C@H]3O[C@@]2(C)[C@H](OCc2ccc3ccccc3c2)C[C@H]1O[C@H]1/C=C\C[C@H]2O[C@H]3C[C@H]4O[C@H]5CC=CCO[C@@H]5[C@@H](OCc5ccc6ccccc6c5)[C@@H]4O[C@@H]3C=C[C@@H]2O[C@@H]1CCOCCOCC. The van der Waals surface area contributed by atoms with Gasteiger partial charge in [0.15, 0.2) is 5.79 Å². The van der Waals surface area contributed by atoms with Gasteiger partial charge in [-0.1, -0.05) is 179 Å². The molecule has 30 atom stereocenters. The van der Waals surface area contributed by atoms with Crippen LogP contribution in [-0.4, -0.2) is 198 Å². The number of hydrogen-bond acceptors (Lipinski definition) is 18. The van der Waals surface area contributed by atoms with E-state index in [1.165, 1.54) is 26.9 Å². The van der Waals surface area contributed by atoms with Crippen molar-refractivity contribution < 1.29 is 85.3 Å². The van der Waals surface area contributed by atoms with Gasteiger partial charge in [0.1, 0.15) is 48.3 Å². The fourth-order valence-electron chi connectivity index (χ4n) is 21.1. The van der Waals surface area contributed by atoms with Gasteiger partial charge in [-0.3, -0.25) is 0 Å². The standard InChI is InChI=1S/C95H118O18/c1-8-20-70-80(105-72-29-18-28-71-73(103-75(72)38-42-97-44-43-96-9-2)36-37-74-78(104-71)50-84-91(109-74)92(90-76(106-84)27-16-17-40-98-90)101-56-63-32-35-66-23-12-15-26-69(66)49-63)52-85(99-54-61-30-33-64-21-10-13-24-67(64)47-61)94(7)86(108-70)53-81-82(112-94)46-57(3)45-77-79(107-81)51-83-87(110-77)59(5)88(100-55-62-31-34-65-22-11-14-25-68(65)48-62)93-89(111-83)58(4)60(6)95(113-93)39-19-41-102-95/h8,10-18,21-26,29-37,47-49,57-60,70-93H,1,9,19-20,27-28,38-46,50-56H2,2-7H3/b29-18-/t57-,58+,59-,60+,70+,71-,72+,73+,74-,75-,76+,77+,78+,79-,80-,81+,82-,83+,84-,85-,86-,87-,88+,89-,90+,91-,92-,93+,94+,95-/m1/s1. The average Bonchev–Trinajstić information content (AvgIpc) is 1.63. The van der Waals surface area contributed by atoms with Gasteiger partial charge < -0.3 is 85.3 Å². The maximum absolute atomic E-state index is 7.85. The molecule has 18 nitrogen and oxygen atoms in total. The second kappa shape index (κ2) is 34.7. The van der Waals surface area contributed by atoms with E-state index in [2.05, 4.69) is 205 Å². The summed E-state index contributed by atoms with van der Waals surface area (Å²) in [6.07, 6.45) is 14.2. The lowest BCUT2D eigenvalue weighted by atomic mass is 9.76. The van der Waals surface area contributed by atoms with Gasteiger partial charge in [-0.15, -0.1) is 6.58 Å². The molecule has 606 valence electrons. The first-order valence-corrected chi connectivity index (χ1v) is 42.9. The van der Waals surface area contributed by atoms with Gasteiger partial charge in [0, 0.05) is 57.2 Å². The van der Waals surface area contributed by atoms with Crippen LogP contribution in [0.3, 0.4) is 0 Å². The summed E-state index contributed by atoms with van der Waals surface area (Å²) in [6.45, 7) is 22.2. The predicted molar refractivity (Wildman–Crippen MR) is 429 cm³/mol. The Hall–Kier alpha value is -5.66. The third-order valence-corrected chi connectivity index (χ3v) is 27.3. The molecule has 0 aliphatic carbocycles. The molecule has 18 rings (SSSR count). The van der Waals surface area contributed by atoms with E-state index in [-0.39, 0.29) is 115 Å².